The van der Waals surface area contributed by atoms with Crippen LogP contribution in [0, 0.1) is 6.92 Å². The number of ether oxygens (including phenoxy) is 1. The number of nitrogens with two attached hydrogens (primary N) is 1. The highest BCUT2D eigenvalue weighted by molar-refractivity contribution is 6.03. The molecule has 2 aromatic heterocycles. The third-order valence-electron chi connectivity index (χ3n) is 4.85. The molecular formula is C19H19N5O3. The monoisotopic (exact) mass is 365 g/mol. The molecule has 0 saturated carbocycles. The Bertz CT molecular complexity index is 1070. The predicted molar refractivity (Wildman–Crippen MR) is 99.4 cm³/mol. The smallest absolute Gasteiger partial charge is 0.409 e. The lowest BCUT2D eigenvalue weighted by Crippen LogP contribution is -2.36. The van der Waals surface area contributed by atoms with Crippen molar-refractivity contribution in [2.75, 3.05) is 19.4 Å². The summed E-state index contributed by atoms with van der Waals surface area (Å²) >= 11 is 0. The van der Waals surface area contributed by atoms with E-state index in [4.69, 9.17) is 10.5 Å². The minimum absolute atomic E-state index is 0.185. The van der Waals surface area contributed by atoms with Crippen LogP contribution in [0.3, 0.4) is 0 Å². The van der Waals surface area contributed by atoms with Crippen LogP contribution in [0.2, 0.25) is 0 Å². The van der Waals surface area contributed by atoms with E-state index in [1.165, 1.54) is 7.11 Å². The third kappa shape index (κ3) is 2.79. The Morgan fingerprint density at radius 3 is 2.85 bits per heavy atom. The molecule has 0 spiro atoms. The zero-order valence-corrected chi connectivity index (χ0v) is 15.1. The van der Waals surface area contributed by atoms with Gasteiger partial charge in [0.25, 0.3) is 5.91 Å². The molecule has 1 aliphatic rings. The number of anilines is 1. The first-order chi connectivity index (χ1) is 13.0. The van der Waals surface area contributed by atoms with Gasteiger partial charge in [-0.1, -0.05) is 0 Å². The second kappa shape index (κ2) is 6.39. The maximum atomic E-state index is 13.3. The van der Waals surface area contributed by atoms with Gasteiger partial charge < -0.3 is 15.4 Å². The molecule has 1 aromatic carbocycles. The summed E-state index contributed by atoms with van der Waals surface area (Å²) in [6, 6.07) is 5.30. The van der Waals surface area contributed by atoms with Crippen LogP contribution in [0.5, 0.6) is 0 Å². The number of aryl methyl sites for hydroxylation is 1. The number of fused-ring (bicyclic) bond motifs is 2. The lowest BCUT2D eigenvalue weighted by molar-refractivity contribution is 0.0959. The van der Waals surface area contributed by atoms with Gasteiger partial charge in [-0.2, -0.15) is 0 Å². The molecule has 2 N–H and O–H groups in total. The van der Waals surface area contributed by atoms with Gasteiger partial charge in [-0.25, -0.2) is 9.78 Å². The molecular weight excluding hydrogens is 346 g/mol. The van der Waals surface area contributed by atoms with Crippen LogP contribution in [0.15, 0.2) is 30.6 Å². The molecule has 1 aliphatic heterocycles. The molecule has 1 amide bonds. The average molecular weight is 365 g/mol. The second-order valence-electron chi connectivity index (χ2n) is 6.51. The van der Waals surface area contributed by atoms with Crippen LogP contribution in [0.25, 0.3) is 11.0 Å². The minimum atomic E-state index is -0.383. The lowest BCUT2D eigenvalue weighted by Gasteiger charge is -2.28. The van der Waals surface area contributed by atoms with Crippen molar-refractivity contribution in [3.8, 4) is 0 Å². The summed E-state index contributed by atoms with van der Waals surface area (Å²) < 4.78 is 6.37. The van der Waals surface area contributed by atoms with Crippen LogP contribution in [-0.2, 0) is 17.7 Å². The molecule has 27 heavy (non-hydrogen) atoms. The number of carbonyl (C=O) groups excluding carboxylic acids is 2. The molecule has 138 valence electrons. The summed E-state index contributed by atoms with van der Waals surface area (Å²) in [5.41, 5.74) is 10.1. The Labute approximate surface area is 155 Å². The first kappa shape index (κ1) is 17.0. The molecule has 0 aliphatic carbocycles. The van der Waals surface area contributed by atoms with Crippen molar-refractivity contribution in [1.82, 2.24) is 19.4 Å². The summed E-state index contributed by atoms with van der Waals surface area (Å²) in [7, 11) is 1.36. The van der Waals surface area contributed by atoms with Crippen molar-refractivity contribution in [3.05, 3.63) is 53.1 Å². The van der Waals surface area contributed by atoms with Crippen LogP contribution >= 0.6 is 0 Å². The van der Waals surface area contributed by atoms with E-state index in [0.29, 0.717) is 47.6 Å². The number of aromatic nitrogens is 3. The van der Waals surface area contributed by atoms with E-state index in [1.54, 1.807) is 47.0 Å². The number of nitrogens with zero attached hydrogens (tertiary/aromatic N) is 4. The first-order valence-electron chi connectivity index (χ1n) is 8.57. The summed E-state index contributed by atoms with van der Waals surface area (Å²) in [4.78, 5) is 35.4. The number of methoxy groups -OCH3 is 1. The molecule has 0 radical (unpaired) electrons. The van der Waals surface area contributed by atoms with Gasteiger partial charge in [-0.3, -0.25) is 14.3 Å². The number of benzene rings is 1. The Hall–Kier alpha value is -3.42. The van der Waals surface area contributed by atoms with Crippen molar-refractivity contribution < 1.29 is 14.3 Å². The van der Waals surface area contributed by atoms with Crippen molar-refractivity contribution in [2.24, 2.45) is 0 Å². The SMILES string of the molecule is COC(=O)N1CCc2c(cncc2C(=O)n2c(C)nc3cc(N)ccc32)C1. The zero-order valence-electron chi connectivity index (χ0n) is 15.1. The van der Waals surface area contributed by atoms with Gasteiger partial charge in [0.15, 0.2) is 0 Å². The topological polar surface area (TPSA) is 103 Å². The third-order valence-corrected chi connectivity index (χ3v) is 4.85. The molecule has 8 heteroatoms. The molecule has 0 unspecified atom stereocenters. The van der Waals surface area contributed by atoms with E-state index in [2.05, 4.69) is 9.97 Å². The molecule has 0 saturated heterocycles. The number of imidazole rings is 1. The predicted octanol–water partition coefficient (Wildman–Crippen LogP) is 2.13. The van der Waals surface area contributed by atoms with Crippen LogP contribution < -0.4 is 5.73 Å². The van der Waals surface area contributed by atoms with Crippen molar-refractivity contribution in [1.29, 1.82) is 0 Å². The van der Waals surface area contributed by atoms with Gasteiger partial charge in [-0.15, -0.1) is 0 Å². The molecule has 3 heterocycles. The lowest BCUT2D eigenvalue weighted by atomic mass is 9.97. The number of hydrogen-bond acceptors (Lipinski definition) is 6. The highest BCUT2D eigenvalue weighted by Crippen LogP contribution is 2.25. The van der Waals surface area contributed by atoms with Crippen LogP contribution in [0.4, 0.5) is 10.5 Å². The fraction of sp³-hybridized carbons (Fsp3) is 0.263. The Morgan fingerprint density at radius 1 is 1.26 bits per heavy atom. The Morgan fingerprint density at radius 2 is 2.07 bits per heavy atom. The molecule has 3 aromatic rings. The largest absolute Gasteiger partial charge is 0.453 e. The maximum Gasteiger partial charge on any atom is 0.409 e. The van der Waals surface area contributed by atoms with E-state index in [9.17, 15) is 9.59 Å². The normalized spacial score (nSPS) is 13.5. The highest BCUT2D eigenvalue weighted by Gasteiger charge is 2.27. The van der Waals surface area contributed by atoms with Crippen molar-refractivity contribution >= 4 is 28.7 Å². The van der Waals surface area contributed by atoms with Gasteiger partial charge in [0.2, 0.25) is 0 Å². The van der Waals surface area contributed by atoms with E-state index < -0.39 is 0 Å². The number of pyridine rings is 1. The molecule has 0 bridgehead atoms. The van der Waals surface area contributed by atoms with E-state index in [0.717, 1.165) is 11.1 Å². The molecule has 0 atom stereocenters. The molecule has 4 rings (SSSR count). The summed E-state index contributed by atoms with van der Waals surface area (Å²) in [6.07, 6.45) is 3.46. The average Bonchev–Trinajstić information content (AvgIpc) is 3.00. The van der Waals surface area contributed by atoms with Crippen LogP contribution in [-0.4, -0.2) is 45.1 Å². The van der Waals surface area contributed by atoms with Gasteiger partial charge in [0, 0.05) is 24.6 Å². The van der Waals surface area contributed by atoms with Gasteiger partial charge in [0.05, 0.1) is 30.3 Å². The number of carbonyl (C=O) groups is 2. The van der Waals surface area contributed by atoms with Gasteiger partial charge in [0.1, 0.15) is 5.82 Å². The minimum Gasteiger partial charge on any atom is -0.453 e. The quantitative estimate of drug-likeness (QED) is 0.663. The van der Waals surface area contributed by atoms with E-state index >= 15 is 0 Å². The second-order valence-corrected chi connectivity index (χ2v) is 6.51. The van der Waals surface area contributed by atoms with Crippen LogP contribution in [0.1, 0.15) is 27.3 Å². The standard InChI is InChI=1S/C19H19N5O3/c1-11-22-16-7-13(20)3-4-17(16)24(11)18(25)15-9-21-8-12-10-23(19(26)27-2)6-5-14(12)15/h3-4,7-9H,5-6,10,20H2,1-2H3. The zero-order chi connectivity index (χ0) is 19.1. The number of amides is 1. The number of hydrogen-bond donors (Lipinski definition) is 1. The summed E-state index contributed by atoms with van der Waals surface area (Å²) in [6.45, 7) is 2.65. The van der Waals surface area contributed by atoms with E-state index in [-0.39, 0.29) is 12.0 Å². The van der Waals surface area contributed by atoms with E-state index in [1.807, 2.05) is 0 Å². The van der Waals surface area contributed by atoms with Gasteiger partial charge >= 0.3 is 6.09 Å². The highest BCUT2D eigenvalue weighted by atomic mass is 16.5. The van der Waals surface area contributed by atoms with Crippen molar-refractivity contribution in [2.45, 2.75) is 19.9 Å². The fourth-order valence-corrected chi connectivity index (χ4v) is 3.56. The van der Waals surface area contributed by atoms with Gasteiger partial charge in [-0.05, 0) is 42.7 Å². The Balaban J connectivity index is 1.77. The Kier molecular flexibility index (Phi) is 4.02. The fourth-order valence-electron chi connectivity index (χ4n) is 3.56. The molecule has 8 nitrogen and oxygen atoms in total. The van der Waals surface area contributed by atoms with Crippen molar-refractivity contribution in [3.63, 3.8) is 0 Å². The summed E-state index contributed by atoms with van der Waals surface area (Å²) in [5.74, 6) is 0.404. The number of rotatable bonds is 1. The first-order valence-corrected chi connectivity index (χ1v) is 8.57. The maximum absolute atomic E-state index is 13.3. The summed E-state index contributed by atoms with van der Waals surface area (Å²) in [5, 5.41) is 0. The number of nitrogen functional groups attached to an aromatic ring is 1. The molecule has 0 fully saturated rings.